The van der Waals surface area contributed by atoms with Crippen molar-refractivity contribution in [3.05, 3.63) is 59.3 Å². The second-order valence-corrected chi connectivity index (χ2v) is 8.08. The van der Waals surface area contributed by atoms with Crippen LogP contribution in [0.4, 0.5) is 0 Å². The molecule has 2 N–H and O–H groups in total. The highest BCUT2D eigenvalue weighted by atomic mass is 16.5. The number of β-amino-alcohol motifs (C(OH)–C–C–N with tert-alkyl or cyclic N) is 1. The molecule has 3 aromatic rings. The summed E-state index contributed by atoms with van der Waals surface area (Å²) in [4.78, 5) is 33.3. The van der Waals surface area contributed by atoms with E-state index in [1.54, 1.807) is 25.2 Å². The SMILES string of the molecule is COc1ccc(C2c3[nH]c4ccccc4c3C[C@H]3C(=O)N(CCO)CC(=O)N23)c(OC)c1. The number of nitrogens with one attached hydrogen (secondary N) is 1. The Labute approximate surface area is 185 Å². The average molecular weight is 435 g/mol. The molecule has 1 aromatic heterocycles. The monoisotopic (exact) mass is 435 g/mol. The fraction of sp³-hybridized carbons (Fsp3) is 0.333. The second-order valence-electron chi connectivity index (χ2n) is 8.08. The molecule has 2 aromatic carbocycles. The van der Waals surface area contributed by atoms with E-state index < -0.39 is 12.1 Å². The molecule has 166 valence electrons. The number of benzene rings is 2. The number of aliphatic hydroxyl groups is 1. The molecular weight excluding hydrogens is 410 g/mol. The first kappa shape index (κ1) is 20.4. The van der Waals surface area contributed by atoms with E-state index in [0.717, 1.165) is 27.7 Å². The lowest BCUT2D eigenvalue weighted by Crippen LogP contribution is -2.63. The summed E-state index contributed by atoms with van der Waals surface area (Å²) in [6, 6.07) is 12.3. The highest BCUT2D eigenvalue weighted by molar-refractivity contribution is 5.97. The van der Waals surface area contributed by atoms with E-state index in [1.807, 2.05) is 36.4 Å². The minimum atomic E-state index is -0.647. The summed E-state index contributed by atoms with van der Waals surface area (Å²) in [6.07, 6.45) is 0.417. The summed E-state index contributed by atoms with van der Waals surface area (Å²) in [5.74, 6) is 0.921. The van der Waals surface area contributed by atoms with Crippen LogP contribution in [0.1, 0.15) is 22.9 Å². The molecule has 5 rings (SSSR count). The van der Waals surface area contributed by atoms with Crippen molar-refractivity contribution in [2.24, 2.45) is 0 Å². The van der Waals surface area contributed by atoms with Gasteiger partial charge in [-0.05, 0) is 23.8 Å². The van der Waals surface area contributed by atoms with Gasteiger partial charge in [0.25, 0.3) is 0 Å². The zero-order valence-corrected chi connectivity index (χ0v) is 18.0. The molecule has 0 saturated carbocycles. The number of methoxy groups -OCH3 is 2. The van der Waals surface area contributed by atoms with Crippen molar-refractivity contribution < 1.29 is 24.2 Å². The molecule has 0 aliphatic carbocycles. The fourth-order valence-corrected chi connectivity index (χ4v) is 5.00. The molecular formula is C24H25N3O5. The third-order valence-electron chi connectivity index (χ3n) is 6.45. The van der Waals surface area contributed by atoms with Crippen LogP contribution in [-0.4, -0.2) is 71.7 Å². The summed E-state index contributed by atoms with van der Waals surface area (Å²) >= 11 is 0. The van der Waals surface area contributed by atoms with Crippen molar-refractivity contribution in [1.29, 1.82) is 0 Å². The van der Waals surface area contributed by atoms with Crippen LogP contribution in [0.25, 0.3) is 10.9 Å². The number of carbonyl (C=O) groups excluding carboxylic acids is 2. The molecule has 2 atom stereocenters. The topological polar surface area (TPSA) is 95.1 Å². The molecule has 1 fully saturated rings. The maximum Gasteiger partial charge on any atom is 0.246 e. The van der Waals surface area contributed by atoms with Gasteiger partial charge < -0.3 is 29.4 Å². The summed E-state index contributed by atoms with van der Waals surface area (Å²) in [5, 5.41) is 10.4. The van der Waals surface area contributed by atoms with Gasteiger partial charge in [-0.1, -0.05) is 18.2 Å². The van der Waals surface area contributed by atoms with Crippen LogP contribution in [0, 0.1) is 0 Å². The second kappa shape index (κ2) is 7.87. The van der Waals surface area contributed by atoms with Gasteiger partial charge in [0, 0.05) is 41.2 Å². The average Bonchev–Trinajstić information content (AvgIpc) is 3.19. The van der Waals surface area contributed by atoms with E-state index in [1.165, 1.54) is 4.90 Å². The molecule has 1 saturated heterocycles. The summed E-state index contributed by atoms with van der Waals surface area (Å²) in [6.45, 7) is -0.0909. The number of carbonyl (C=O) groups is 2. The first-order chi connectivity index (χ1) is 15.6. The summed E-state index contributed by atoms with van der Waals surface area (Å²) < 4.78 is 11.0. The number of aliphatic hydroxyl groups excluding tert-OH is 1. The third kappa shape index (κ3) is 3.02. The van der Waals surface area contributed by atoms with E-state index in [2.05, 4.69) is 4.98 Å². The Morgan fingerprint density at radius 3 is 2.69 bits per heavy atom. The van der Waals surface area contributed by atoms with Crippen molar-refractivity contribution >= 4 is 22.7 Å². The van der Waals surface area contributed by atoms with Crippen LogP contribution in [0.5, 0.6) is 11.5 Å². The largest absolute Gasteiger partial charge is 0.497 e. The quantitative estimate of drug-likeness (QED) is 0.638. The minimum absolute atomic E-state index is 0.0551. The van der Waals surface area contributed by atoms with E-state index in [9.17, 15) is 14.7 Å². The maximum absolute atomic E-state index is 13.4. The Balaban J connectivity index is 1.73. The zero-order chi connectivity index (χ0) is 22.4. The first-order valence-electron chi connectivity index (χ1n) is 10.6. The number of rotatable bonds is 5. The molecule has 0 spiro atoms. The maximum atomic E-state index is 13.4. The van der Waals surface area contributed by atoms with Gasteiger partial charge in [0.05, 0.1) is 27.4 Å². The van der Waals surface area contributed by atoms with E-state index in [4.69, 9.17) is 9.47 Å². The van der Waals surface area contributed by atoms with Crippen molar-refractivity contribution in [3.63, 3.8) is 0 Å². The van der Waals surface area contributed by atoms with Crippen LogP contribution in [-0.2, 0) is 16.0 Å². The number of para-hydroxylation sites is 1. The molecule has 2 aliphatic heterocycles. The molecule has 8 nitrogen and oxygen atoms in total. The van der Waals surface area contributed by atoms with Crippen LogP contribution in [0.2, 0.25) is 0 Å². The number of amides is 2. The summed E-state index contributed by atoms with van der Waals surface area (Å²) in [5.41, 5.74) is 3.66. The molecule has 0 radical (unpaired) electrons. The number of aromatic amines is 1. The number of piperazine rings is 1. The Morgan fingerprint density at radius 2 is 1.94 bits per heavy atom. The zero-order valence-electron chi connectivity index (χ0n) is 18.0. The highest BCUT2D eigenvalue weighted by Gasteiger charge is 2.48. The number of aromatic nitrogens is 1. The van der Waals surface area contributed by atoms with Crippen molar-refractivity contribution in [2.45, 2.75) is 18.5 Å². The van der Waals surface area contributed by atoms with Gasteiger partial charge in [-0.15, -0.1) is 0 Å². The van der Waals surface area contributed by atoms with Crippen LogP contribution >= 0.6 is 0 Å². The first-order valence-corrected chi connectivity index (χ1v) is 10.6. The lowest BCUT2D eigenvalue weighted by molar-refractivity contribution is -0.159. The van der Waals surface area contributed by atoms with E-state index in [0.29, 0.717) is 17.9 Å². The van der Waals surface area contributed by atoms with Crippen LogP contribution in [0.3, 0.4) is 0 Å². The predicted molar refractivity (Wildman–Crippen MR) is 118 cm³/mol. The fourth-order valence-electron chi connectivity index (χ4n) is 5.00. The Hall–Kier alpha value is -3.52. The van der Waals surface area contributed by atoms with Gasteiger partial charge in [0.2, 0.25) is 11.8 Å². The molecule has 32 heavy (non-hydrogen) atoms. The third-order valence-corrected chi connectivity index (χ3v) is 6.45. The number of H-pyrrole nitrogens is 1. The number of hydrogen-bond acceptors (Lipinski definition) is 5. The standard InChI is InChI=1S/C24H25N3O5/c1-31-14-7-8-16(20(11-14)32-2)23-22-17(15-5-3-4-6-18(15)25-22)12-19-24(30)26(9-10-28)13-21(29)27(19)23/h3-8,11,19,23,25,28H,9-10,12-13H2,1-2H3/t19-,23?/m0/s1. The van der Waals surface area contributed by atoms with E-state index >= 15 is 0 Å². The number of nitrogens with zero attached hydrogens (tertiary/aromatic N) is 2. The lowest BCUT2D eigenvalue weighted by atomic mass is 9.86. The molecule has 2 aliphatic rings. The van der Waals surface area contributed by atoms with Crippen LogP contribution in [0.15, 0.2) is 42.5 Å². The number of fused-ring (bicyclic) bond motifs is 4. The van der Waals surface area contributed by atoms with E-state index in [-0.39, 0.29) is 31.5 Å². The van der Waals surface area contributed by atoms with Crippen LogP contribution < -0.4 is 9.47 Å². The van der Waals surface area contributed by atoms with Crippen molar-refractivity contribution in [2.75, 3.05) is 33.9 Å². The van der Waals surface area contributed by atoms with Gasteiger partial charge >= 0.3 is 0 Å². The number of hydrogen-bond donors (Lipinski definition) is 2. The molecule has 1 unspecified atom stereocenters. The Kier molecular flexibility index (Phi) is 5.01. The number of ether oxygens (including phenoxy) is 2. The normalized spacial score (nSPS) is 20.3. The van der Waals surface area contributed by atoms with Gasteiger partial charge in [-0.3, -0.25) is 9.59 Å². The predicted octanol–water partition coefficient (Wildman–Crippen LogP) is 1.86. The van der Waals surface area contributed by atoms with Gasteiger partial charge in [0.1, 0.15) is 23.6 Å². The van der Waals surface area contributed by atoms with Gasteiger partial charge in [-0.2, -0.15) is 0 Å². The minimum Gasteiger partial charge on any atom is -0.497 e. The Morgan fingerprint density at radius 1 is 1.12 bits per heavy atom. The highest BCUT2D eigenvalue weighted by Crippen LogP contribution is 2.45. The molecule has 8 heteroatoms. The molecule has 3 heterocycles. The van der Waals surface area contributed by atoms with Crippen molar-refractivity contribution in [1.82, 2.24) is 14.8 Å². The molecule has 0 bridgehead atoms. The Bertz CT molecular complexity index is 1200. The lowest BCUT2D eigenvalue weighted by Gasteiger charge is -2.47. The smallest absolute Gasteiger partial charge is 0.246 e. The summed E-state index contributed by atoms with van der Waals surface area (Å²) in [7, 11) is 3.17. The van der Waals surface area contributed by atoms with Gasteiger partial charge in [-0.25, -0.2) is 0 Å². The molecule has 2 amide bonds. The van der Waals surface area contributed by atoms with Crippen molar-refractivity contribution in [3.8, 4) is 11.5 Å². The van der Waals surface area contributed by atoms with Gasteiger partial charge in [0.15, 0.2) is 0 Å².